The van der Waals surface area contributed by atoms with Gasteiger partial charge in [0.2, 0.25) is 0 Å². The zero-order valence-corrected chi connectivity index (χ0v) is 28.5. The molecule has 0 radical (unpaired) electrons. The number of likely N-dealkylation sites (tertiary alicyclic amines) is 1. The number of rotatable bonds is 9. The predicted molar refractivity (Wildman–Crippen MR) is 192 cm³/mol. The van der Waals surface area contributed by atoms with E-state index in [2.05, 4.69) is 130 Å². The topological polar surface area (TPSA) is 32.3 Å². The monoisotopic (exact) mass is 608 g/mol. The summed E-state index contributed by atoms with van der Waals surface area (Å²) < 4.78 is 0. The highest BCUT2D eigenvalue weighted by Gasteiger charge is 2.25. The average molecular weight is 609 g/mol. The number of aromatic nitrogens is 2. The van der Waals surface area contributed by atoms with Gasteiger partial charge in [0, 0.05) is 49.2 Å². The molecule has 0 spiro atoms. The van der Waals surface area contributed by atoms with Crippen LogP contribution < -0.4 is 0 Å². The number of pyridine rings is 2. The van der Waals surface area contributed by atoms with Gasteiger partial charge in [-0.15, -0.1) is 0 Å². The maximum atomic E-state index is 4.78. The summed E-state index contributed by atoms with van der Waals surface area (Å²) in [6.07, 6.45) is 6.29. The van der Waals surface area contributed by atoms with E-state index in [0.717, 1.165) is 57.0 Å². The summed E-state index contributed by atoms with van der Waals surface area (Å²) in [7, 11) is 0. The summed E-state index contributed by atoms with van der Waals surface area (Å²) in [6.45, 7) is 18.2. The molecule has 5 aromatic rings. The summed E-state index contributed by atoms with van der Waals surface area (Å²) in [4.78, 5) is 14.8. The van der Waals surface area contributed by atoms with E-state index >= 15 is 0 Å². The van der Waals surface area contributed by atoms with Gasteiger partial charge in [-0.05, 0) is 166 Å². The Kier molecular flexibility index (Phi) is 9.77. The quantitative estimate of drug-likeness (QED) is 0.167. The molecule has 2 aromatic heterocycles. The van der Waals surface area contributed by atoms with Crippen LogP contribution in [-0.4, -0.2) is 38.9 Å². The van der Waals surface area contributed by atoms with E-state index in [9.17, 15) is 0 Å². The maximum Gasteiger partial charge on any atom is 0.0705 e. The van der Waals surface area contributed by atoms with Gasteiger partial charge in [0.1, 0.15) is 0 Å². The van der Waals surface area contributed by atoms with E-state index in [-0.39, 0.29) is 0 Å². The van der Waals surface area contributed by atoms with Crippen LogP contribution in [0.3, 0.4) is 0 Å². The standard InChI is InChI=1S/C42H48N4/c1-29-20-38(21-30(2)33(29)5)41-24-36(12-16-43-41)26-45-18-14-40(15-19-45)46(27-35-10-8-7-9-11-35)28-37-13-17-44-42(25-37)39-22-31(3)34(6)32(4)23-39/h7-13,16-17,20-25,40H,14-15,18-19,26-28H2,1-6H3. The van der Waals surface area contributed by atoms with Gasteiger partial charge in [0.15, 0.2) is 0 Å². The number of hydrogen-bond donors (Lipinski definition) is 0. The number of hydrogen-bond acceptors (Lipinski definition) is 4. The molecule has 236 valence electrons. The summed E-state index contributed by atoms with van der Waals surface area (Å²) in [5.74, 6) is 0. The second-order valence-corrected chi connectivity index (χ2v) is 13.5. The van der Waals surface area contributed by atoms with E-state index < -0.39 is 0 Å². The highest BCUT2D eigenvalue weighted by Crippen LogP contribution is 2.28. The first kappa shape index (κ1) is 31.8. The number of aryl methyl sites for hydroxylation is 4. The Morgan fingerprint density at radius 2 is 1.07 bits per heavy atom. The highest BCUT2D eigenvalue weighted by molar-refractivity contribution is 5.64. The van der Waals surface area contributed by atoms with E-state index in [4.69, 9.17) is 9.97 Å². The van der Waals surface area contributed by atoms with Gasteiger partial charge in [-0.3, -0.25) is 19.8 Å². The Hall–Kier alpha value is -4.12. The van der Waals surface area contributed by atoms with Gasteiger partial charge < -0.3 is 0 Å². The molecule has 0 N–H and O–H groups in total. The van der Waals surface area contributed by atoms with Crippen LogP contribution in [0.4, 0.5) is 0 Å². The molecule has 1 aliphatic rings. The van der Waals surface area contributed by atoms with Crippen LogP contribution >= 0.6 is 0 Å². The maximum absolute atomic E-state index is 4.78. The summed E-state index contributed by atoms with van der Waals surface area (Å²) in [5, 5.41) is 0. The lowest BCUT2D eigenvalue weighted by Crippen LogP contribution is -2.44. The fourth-order valence-corrected chi connectivity index (χ4v) is 6.90. The van der Waals surface area contributed by atoms with Crippen LogP contribution in [0.2, 0.25) is 0 Å². The fraction of sp³-hybridized carbons (Fsp3) is 0.333. The molecule has 4 nitrogen and oxygen atoms in total. The normalized spacial score (nSPS) is 14.2. The molecule has 3 aromatic carbocycles. The molecule has 1 fully saturated rings. The van der Waals surface area contributed by atoms with E-state index in [0.29, 0.717) is 6.04 Å². The molecule has 1 saturated heterocycles. The van der Waals surface area contributed by atoms with Crippen molar-refractivity contribution in [3.63, 3.8) is 0 Å². The molecule has 0 atom stereocenters. The minimum atomic E-state index is 0.531. The Bertz CT molecular complexity index is 1750. The van der Waals surface area contributed by atoms with Crippen LogP contribution in [0.5, 0.6) is 0 Å². The summed E-state index contributed by atoms with van der Waals surface area (Å²) in [6, 6.07) is 29.5. The van der Waals surface area contributed by atoms with Gasteiger partial charge in [-0.25, -0.2) is 0 Å². The van der Waals surface area contributed by atoms with Crippen molar-refractivity contribution in [3.8, 4) is 22.5 Å². The first-order valence-electron chi connectivity index (χ1n) is 16.8. The summed E-state index contributed by atoms with van der Waals surface area (Å²) >= 11 is 0. The third kappa shape index (κ3) is 7.46. The molecule has 0 aliphatic carbocycles. The van der Waals surface area contributed by atoms with E-state index in [1.54, 1.807) is 0 Å². The average Bonchev–Trinajstić information content (AvgIpc) is 3.06. The number of benzene rings is 3. The van der Waals surface area contributed by atoms with Crippen molar-refractivity contribution >= 4 is 0 Å². The molecular weight excluding hydrogens is 560 g/mol. The lowest BCUT2D eigenvalue weighted by atomic mass is 9.97. The number of nitrogens with zero attached hydrogens (tertiary/aromatic N) is 4. The second-order valence-electron chi connectivity index (χ2n) is 13.5. The third-order valence-electron chi connectivity index (χ3n) is 10.2. The van der Waals surface area contributed by atoms with Crippen molar-refractivity contribution in [2.75, 3.05) is 13.1 Å². The largest absolute Gasteiger partial charge is 0.299 e. The van der Waals surface area contributed by atoms with Crippen LogP contribution in [0.25, 0.3) is 22.5 Å². The third-order valence-corrected chi connectivity index (χ3v) is 10.2. The molecular formula is C42H48N4. The molecule has 6 rings (SSSR count). The van der Waals surface area contributed by atoms with Gasteiger partial charge >= 0.3 is 0 Å². The zero-order chi connectivity index (χ0) is 32.2. The molecule has 0 saturated carbocycles. The SMILES string of the molecule is Cc1cc(-c2cc(CN3CCC(N(Cc4ccccc4)Cc4ccnc(-c5cc(C)c(C)c(C)c5)c4)CC3)ccn2)cc(C)c1C. The van der Waals surface area contributed by atoms with Crippen molar-refractivity contribution < 1.29 is 0 Å². The van der Waals surface area contributed by atoms with Crippen LogP contribution in [0.15, 0.2) is 91.3 Å². The lowest BCUT2D eigenvalue weighted by Gasteiger charge is -2.39. The minimum absolute atomic E-state index is 0.531. The Morgan fingerprint density at radius 1 is 0.587 bits per heavy atom. The van der Waals surface area contributed by atoms with E-state index in [1.807, 2.05) is 12.4 Å². The first-order chi connectivity index (χ1) is 22.2. The predicted octanol–water partition coefficient (Wildman–Crippen LogP) is 9.33. The van der Waals surface area contributed by atoms with Crippen molar-refractivity contribution in [2.24, 2.45) is 0 Å². The molecule has 0 bridgehead atoms. The Labute approximate surface area is 276 Å². The lowest BCUT2D eigenvalue weighted by molar-refractivity contribution is 0.0933. The van der Waals surface area contributed by atoms with Gasteiger partial charge in [0.25, 0.3) is 0 Å². The fourth-order valence-electron chi connectivity index (χ4n) is 6.90. The van der Waals surface area contributed by atoms with Gasteiger partial charge in [0.05, 0.1) is 11.4 Å². The molecule has 46 heavy (non-hydrogen) atoms. The highest BCUT2D eigenvalue weighted by atomic mass is 15.2. The van der Waals surface area contributed by atoms with Crippen LogP contribution in [0.1, 0.15) is 62.9 Å². The van der Waals surface area contributed by atoms with Crippen LogP contribution in [0, 0.1) is 41.5 Å². The molecule has 0 unspecified atom stereocenters. The molecule has 3 heterocycles. The van der Waals surface area contributed by atoms with E-state index in [1.165, 1.54) is 61.2 Å². The number of piperidine rings is 1. The van der Waals surface area contributed by atoms with Crippen LogP contribution in [-0.2, 0) is 19.6 Å². The summed E-state index contributed by atoms with van der Waals surface area (Å²) in [5.41, 5.74) is 16.6. The molecule has 1 aliphatic heterocycles. The molecule has 0 amide bonds. The Balaban J connectivity index is 1.15. The van der Waals surface area contributed by atoms with Gasteiger partial charge in [-0.2, -0.15) is 0 Å². The minimum Gasteiger partial charge on any atom is -0.299 e. The van der Waals surface area contributed by atoms with Crippen molar-refractivity contribution in [3.05, 3.63) is 141 Å². The molecule has 4 heteroatoms. The van der Waals surface area contributed by atoms with Gasteiger partial charge in [-0.1, -0.05) is 30.3 Å². The van der Waals surface area contributed by atoms with Crippen molar-refractivity contribution in [1.29, 1.82) is 0 Å². The van der Waals surface area contributed by atoms with Crippen molar-refractivity contribution in [2.45, 2.75) is 80.1 Å². The Morgan fingerprint density at radius 3 is 1.61 bits per heavy atom. The first-order valence-corrected chi connectivity index (χ1v) is 16.8. The van der Waals surface area contributed by atoms with Crippen molar-refractivity contribution in [1.82, 2.24) is 19.8 Å². The smallest absolute Gasteiger partial charge is 0.0705 e. The second kappa shape index (κ2) is 14.1. The zero-order valence-electron chi connectivity index (χ0n) is 28.5.